The molecule has 2 N–H and O–H groups in total. The molecule has 1 heterocycles. The lowest BCUT2D eigenvalue weighted by Crippen LogP contribution is -2.39. The van der Waals surface area contributed by atoms with Crippen molar-refractivity contribution in [1.82, 2.24) is 10.8 Å². The third-order valence-corrected chi connectivity index (χ3v) is 3.78. The lowest BCUT2D eigenvalue weighted by atomic mass is 9.95. The Morgan fingerprint density at radius 2 is 2.35 bits per heavy atom. The molecule has 1 aromatic rings. The van der Waals surface area contributed by atoms with E-state index >= 15 is 0 Å². The van der Waals surface area contributed by atoms with E-state index in [1.165, 1.54) is 12.1 Å². The Morgan fingerprint density at radius 3 is 3.09 bits per heavy atom. The van der Waals surface area contributed by atoms with Gasteiger partial charge in [0, 0.05) is 20.2 Å². The average molecular weight is 347 g/mol. The molecule has 0 aromatic heterocycles. The van der Waals surface area contributed by atoms with Gasteiger partial charge in [-0.25, -0.2) is 9.87 Å². The number of ether oxygens (including phenoxy) is 2. The first-order chi connectivity index (χ1) is 11.1. The molecule has 6 nitrogen and oxygen atoms in total. The molecule has 2 atom stereocenters. The van der Waals surface area contributed by atoms with Crippen molar-refractivity contribution >= 4 is 17.5 Å². The SMILES string of the molecule is COCCONC(=O)[C@@H]1CNCCO[C@H]1c1ccc(Cl)c(F)c1. The maximum Gasteiger partial charge on any atom is 0.250 e. The molecule has 23 heavy (non-hydrogen) atoms. The average Bonchev–Trinajstić information content (AvgIpc) is 2.80. The summed E-state index contributed by atoms with van der Waals surface area (Å²) >= 11 is 5.71. The number of hydrogen-bond acceptors (Lipinski definition) is 5. The predicted octanol–water partition coefficient (Wildman–Crippen LogP) is 1.45. The summed E-state index contributed by atoms with van der Waals surface area (Å²) in [5.74, 6) is -1.43. The van der Waals surface area contributed by atoms with Crippen molar-refractivity contribution in [2.75, 3.05) is 40.0 Å². The Kier molecular flexibility index (Phi) is 7.19. The van der Waals surface area contributed by atoms with E-state index in [0.717, 1.165) is 0 Å². The van der Waals surface area contributed by atoms with Gasteiger partial charge in [0.05, 0.1) is 36.9 Å². The molecule has 128 valence electrons. The number of benzene rings is 1. The molecule has 1 fully saturated rings. The summed E-state index contributed by atoms with van der Waals surface area (Å²) in [6.07, 6.45) is -0.581. The molecule has 0 unspecified atom stereocenters. The van der Waals surface area contributed by atoms with Crippen LogP contribution in [0.1, 0.15) is 11.7 Å². The number of carbonyl (C=O) groups excluding carboxylic acids is 1. The second-order valence-electron chi connectivity index (χ2n) is 5.08. The number of rotatable bonds is 6. The van der Waals surface area contributed by atoms with Crippen LogP contribution in [0.15, 0.2) is 18.2 Å². The first kappa shape index (κ1) is 18.1. The highest BCUT2D eigenvalue weighted by atomic mass is 35.5. The zero-order chi connectivity index (χ0) is 16.7. The Hall–Kier alpha value is -1.25. The Labute approximate surface area is 139 Å². The molecular weight excluding hydrogens is 327 g/mol. The Bertz CT molecular complexity index is 532. The van der Waals surface area contributed by atoms with Crippen LogP contribution in [-0.4, -0.2) is 45.9 Å². The summed E-state index contributed by atoms with van der Waals surface area (Å²) in [6.45, 7) is 2.04. The fourth-order valence-electron chi connectivity index (χ4n) is 2.31. The van der Waals surface area contributed by atoms with Gasteiger partial charge in [-0.1, -0.05) is 17.7 Å². The minimum atomic E-state index is -0.581. The Balaban J connectivity index is 2.09. The maximum atomic E-state index is 13.7. The fourth-order valence-corrected chi connectivity index (χ4v) is 2.43. The molecule has 2 rings (SSSR count). The van der Waals surface area contributed by atoms with Crippen molar-refractivity contribution in [2.24, 2.45) is 5.92 Å². The highest BCUT2D eigenvalue weighted by Gasteiger charge is 2.32. The molecule has 1 aliphatic heterocycles. The van der Waals surface area contributed by atoms with E-state index in [0.29, 0.717) is 31.9 Å². The van der Waals surface area contributed by atoms with Gasteiger partial charge in [-0.05, 0) is 17.7 Å². The van der Waals surface area contributed by atoms with Gasteiger partial charge in [0.25, 0.3) is 5.91 Å². The van der Waals surface area contributed by atoms with E-state index in [2.05, 4.69) is 10.8 Å². The minimum absolute atomic E-state index is 0.0318. The van der Waals surface area contributed by atoms with Gasteiger partial charge < -0.3 is 14.8 Å². The number of halogens is 2. The largest absolute Gasteiger partial charge is 0.382 e. The molecule has 1 amide bonds. The van der Waals surface area contributed by atoms with Crippen molar-refractivity contribution in [3.8, 4) is 0 Å². The van der Waals surface area contributed by atoms with Crippen LogP contribution in [-0.2, 0) is 19.1 Å². The van der Waals surface area contributed by atoms with Gasteiger partial charge in [-0.2, -0.15) is 0 Å². The summed E-state index contributed by atoms with van der Waals surface area (Å²) in [5, 5.41) is 3.15. The topological polar surface area (TPSA) is 68.8 Å². The molecule has 1 aliphatic rings. The van der Waals surface area contributed by atoms with Gasteiger partial charge in [0.1, 0.15) is 5.82 Å². The summed E-state index contributed by atoms with van der Waals surface area (Å²) in [7, 11) is 1.54. The highest BCUT2D eigenvalue weighted by Crippen LogP contribution is 2.29. The molecule has 0 spiro atoms. The molecule has 0 saturated carbocycles. The second-order valence-corrected chi connectivity index (χ2v) is 5.49. The monoisotopic (exact) mass is 346 g/mol. The van der Waals surface area contributed by atoms with Crippen molar-refractivity contribution in [1.29, 1.82) is 0 Å². The van der Waals surface area contributed by atoms with Crippen molar-refractivity contribution in [2.45, 2.75) is 6.10 Å². The lowest BCUT2D eigenvalue weighted by molar-refractivity contribution is -0.143. The zero-order valence-electron chi connectivity index (χ0n) is 12.8. The summed E-state index contributed by atoms with van der Waals surface area (Å²) in [4.78, 5) is 17.4. The van der Waals surface area contributed by atoms with Crippen LogP contribution < -0.4 is 10.8 Å². The van der Waals surface area contributed by atoms with E-state index < -0.39 is 17.8 Å². The number of amides is 1. The first-order valence-electron chi connectivity index (χ1n) is 7.31. The second kappa shape index (κ2) is 9.14. The van der Waals surface area contributed by atoms with Crippen LogP contribution in [0.4, 0.5) is 4.39 Å². The smallest absolute Gasteiger partial charge is 0.250 e. The van der Waals surface area contributed by atoms with Crippen LogP contribution in [0, 0.1) is 11.7 Å². The number of hydrogen-bond donors (Lipinski definition) is 2. The predicted molar refractivity (Wildman–Crippen MR) is 82.4 cm³/mol. The number of nitrogens with one attached hydrogen (secondary N) is 2. The van der Waals surface area contributed by atoms with Crippen LogP contribution in [0.25, 0.3) is 0 Å². The molecule has 1 aromatic carbocycles. The fraction of sp³-hybridized carbons (Fsp3) is 0.533. The van der Waals surface area contributed by atoms with Gasteiger partial charge in [-0.3, -0.25) is 9.63 Å². The van der Waals surface area contributed by atoms with E-state index in [9.17, 15) is 9.18 Å². The van der Waals surface area contributed by atoms with E-state index in [1.54, 1.807) is 13.2 Å². The third-order valence-electron chi connectivity index (χ3n) is 3.48. The van der Waals surface area contributed by atoms with Crippen molar-refractivity contribution in [3.05, 3.63) is 34.6 Å². The molecule has 8 heteroatoms. The number of methoxy groups -OCH3 is 1. The van der Waals surface area contributed by atoms with Gasteiger partial charge in [0.2, 0.25) is 0 Å². The lowest BCUT2D eigenvalue weighted by Gasteiger charge is -2.24. The van der Waals surface area contributed by atoms with E-state index in [4.69, 9.17) is 25.9 Å². The summed E-state index contributed by atoms with van der Waals surface area (Å²) in [5.41, 5.74) is 2.94. The van der Waals surface area contributed by atoms with Crippen molar-refractivity contribution in [3.63, 3.8) is 0 Å². The van der Waals surface area contributed by atoms with Crippen LogP contribution in [0.2, 0.25) is 5.02 Å². The normalized spacial score (nSPS) is 21.7. The van der Waals surface area contributed by atoms with E-state index in [-0.39, 0.29) is 17.5 Å². The minimum Gasteiger partial charge on any atom is -0.382 e. The van der Waals surface area contributed by atoms with Crippen LogP contribution in [0.5, 0.6) is 0 Å². The van der Waals surface area contributed by atoms with Gasteiger partial charge in [-0.15, -0.1) is 0 Å². The summed E-state index contributed by atoms with van der Waals surface area (Å²) in [6, 6.07) is 4.41. The van der Waals surface area contributed by atoms with Gasteiger partial charge >= 0.3 is 0 Å². The maximum absolute atomic E-state index is 13.7. The molecular formula is C15H20ClFN2O4. The molecule has 0 aliphatic carbocycles. The third kappa shape index (κ3) is 5.12. The standard InChI is InChI=1S/C15H20ClFN2O4/c1-21-6-7-23-19-15(20)11-9-18-4-5-22-14(11)10-2-3-12(16)13(17)8-10/h2-3,8,11,14,18H,4-7,9H2,1H3,(H,19,20)/t11-,14+/m1/s1. The molecule has 0 radical (unpaired) electrons. The number of carbonyl (C=O) groups is 1. The molecule has 0 bridgehead atoms. The summed E-state index contributed by atoms with van der Waals surface area (Å²) < 4.78 is 24.3. The highest BCUT2D eigenvalue weighted by molar-refractivity contribution is 6.30. The molecule has 1 saturated heterocycles. The quantitative estimate of drug-likeness (QED) is 0.603. The van der Waals surface area contributed by atoms with Crippen LogP contribution >= 0.6 is 11.6 Å². The van der Waals surface area contributed by atoms with E-state index in [1.807, 2.05) is 0 Å². The Morgan fingerprint density at radius 1 is 1.52 bits per heavy atom. The van der Waals surface area contributed by atoms with Crippen LogP contribution in [0.3, 0.4) is 0 Å². The van der Waals surface area contributed by atoms with Crippen molar-refractivity contribution < 1.29 is 23.5 Å². The van der Waals surface area contributed by atoms with Gasteiger partial charge in [0.15, 0.2) is 0 Å². The zero-order valence-corrected chi connectivity index (χ0v) is 13.6. The first-order valence-corrected chi connectivity index (χ1v) is 7.69. The number of hydroxylamine groups is 1.